The molecule has 0 unspecified atom stereocenters. The molecular weight excluding hydrogens is 266 g/mol. The van der Waals surface area contributed by atoms with Crippen molar-refractivity contribution in [3.8, 4) is 11.8 Å². The normalized spacial score (nSPS) is 17.2. The van der Waals surface area contributed by atoms with Gasteiger partial charge in [-0.3, -0.25) is 4.90 Å². The van der Waals surface area contributed by atoms with Gasteiger partial charge in [-0.05, 0) is 17.4 Å². The summed E-state index contributed by atoms with van der Waals surface area (Å²) in [7, 11) is 0. The van der Waals surface area contributed by atoms with Crippen LogP contribution in [0.2, 0.25) is 0 Å². The summed E-state index contributed by atoms with van der Waals surface area (Å²) >= 11 is 1.81. The van der Waals surface area contributed by atoms with E-state index in [1.165, 1.54) is 24.5 Å². The molecule has 0 amide bonds. The van der Waals surface area contributed by atoms with Crippen LogP contribution in [-0.2, 0) is 6.54 Å². The quantitative estimate of drug-likeness (QED) is 0.859. The Balaban J connectivity index is 1.85. The Morgan fingerprint density at radius 3 is 2.60 bits per heavy atom. The average Bonchev–Trinajstić information content (AvgIpc) is 2.85. The molecule has 0 atom stereocenters. The van der Waals surface area contributed by atoms with Gasteiger partial charge in [0.1, 0.15) is 0 Å². The van der Waals surface area contributed by atoms with E-state index in [4.69, 9.17) is 5.73 Å². The third-order valence-corrected chi connectivity index (χ3v) is 4.43. The van der Waals surface area contributed by atoms with Gasteiger partial charge in [0.05, 0.1) is 6.54 Å². The zero-order valence-electron chi connectivity index (χ0n) is 12.6. The van der Waals surface area contributed by atoms with Gasteiger partial charge in [0.15, 0.2) is 0 Å². The molecule has 0 saturated carbocycles. The van der Waals surface area contributed by atoms with Crippen molar-refractivity contribution in [1.29, 1.82) is 0 Å². The molecule has 3 nitrogen and oxygen atoms in total. The number of rotatable bonds is 4. The van der Waals surface area contributed by atoms with E-state index in [2.05, 4.69) is 46.9 Å². The van der Waals surface area contributed by atoms with Gasteiger partial charge in [-0.15, -0.1) is 11.3 Å². The summed E-state index contributed by atoms with van der Waals surface area (Å²) in [5.74, 6) is 6.89. The molecule has 20 heavy (non-hydrogen) atoms. The molecular formula is C16H25N3S. The predicted octanol–water partition coefficient (Wildman–Crippen LogP) is 1.83. The SMILES string of the molecule is CC(C)CN1CCN(Cc2sccc2C#CCN)CC1. The molecule has 0 radical (unpaired) electrons. The molecule has 1 aliphatic rings. The average molecular weight is 291 g/mol. The summed E-state index contributed by atoms with van der Waals surface area (Å²) in [5.41, 5.74) is 6.61. The lowest BCUT2D eigenvalue weighted by Crippen LogP contribution is -2.46. The van der Waals surface area contributed by atoms with Crippen molar-refractivity contribution in [3.05, 3.63) is 21.9 Å². The highest BCUT2D eigenvalue weighted by atomic mass is 32.1. The zero-order chi connectivity index (χ0) is 14.4. The van der Waals surface area contributed by atoms with Crippen LogP contribution in [0.25, 0.3) is 0 Å². The van der Waals surface area contributed by atoms with Crippen LogP contribution in [-0.4, -0.2) is 49.1 Å². The lowest BCUT2D eigenvalue weighted by molar-refractivity contribution is 0.118. The van der Waals surface area contributed by atoms with E-state index in [1.54, 1.807) is 11.3 Å². The first-order valence-corrected chi connectivity index (χ1v) is 8.27. The highest BCUT2D eigenvalue weighted by molar-refractivity contribution is 7.10. The largest absolute Gasteiger partial charge is 0.320 e. The second-order valence-electron chi connectivity index (χ2n) is 5.73. The van der Waals surface area contributed by atoms with Crippen molar-refractivity contribution in [1.82, 2.24) is 9.80 Å². The summed E-state index contributed by atoms with van der Waals surface area (Å²) in [4.78, 5) is 6.49. The molecule has 1 aliphatic heterocycles. The number of nitrogens with zero attached hydrogens (tertiary/aromatic N) is 2. The fourth-order valence-electron chi connectivity index (χ4n) is 2.57. The van der Waals surface area contributed by atoms with E-state index < -0.39 is 0 Å². The molecule has 2 heterocycles. The molecule has 110 valence electrons. The van der Waals surface area contributed by atoms with Gasteiger partial charge >= 0.3 is 0 Å². The second-order valence-corrected chi connectivity index (χ2v) is 6.73. The monoisotopic (exact) mass is 291 g/mol. The summed E-state index contributed by atoms with van der Waals surface area (Å²) in [6.45, 7) is 12.0. The van der Waals surface area contributed by atoms with Crippen molar-refractivity contribution >= 4 is 11.3 Å². The molecule has 0 bridgehead atoms. The van der Waals surface area contributed by atoms with Crippen LogP contribution in [0.5, 0.6) is 0 Å². The predicted molar refractivity (Wildman–Crippen MR) is 86.8 cm³/mol. The molecule has 1 aromatic heterocycles. The van der Waals surface area contributed by atoms with Crippen LogP contribution in [0, 0.1) is 17.8 Å². The van der Waals surface area contributed by atoms with E-state index in [-0.39, 0.29) is 0 Å². The van der Waals surface area contributed by atoms with Crippen LogP contribution in [0.4, 0.5) is 0 Å². The fraction of sp³-hybridized carbons (Fsp3) is 0.625. The van der Waals surface area contributed by atoms with Crippen molar-refractivity contribution in [2.24, 2.45) is 11.7 Å². The fourth-order valence-corrected chi connectivity index (χ4v) is 3.44. The van der Waals surface area contributed by atoms with Crippen LogP contribution < -0.4 is 5.73 Å². The Bertz CT molecular complexity index is 462. The maximum atomic E-state index is 5.45. The van der Waals surface area contributed by atoms with Crippen molar-refractivity contribution in [2.75, 3.05) is 39.3 Å². The van der Waals surface area contributed by atoms with E-state index in [0.29, 0.717) is 6.54 Å². The first kappa shape index (κ1) is 15.5. The molecule has 0 aliphatic carbocycles. The molecule has 1 aromatic rings. The summed E-state index contributed by atoms with van der Waals surface area (Å²) in [6.07, 6.45) is 0. The Kier molecular flexibility index (Phi) is 6.06. The van der Waals surface area contributed by atoms with Crippen molar-refractivity contribution in [3.63, 3.8) is 0 Å². The summed E-state index contributed by atoms with van der Waals surface area (Å²) in [6, 6.07) is 2.11. The van der Waals surface area contributed by atoms with Crippen LogP contribution >= 0.6 is 11.3 Å². The van der Waals surface area contributed by atoms with Gasteiger partial charge in [-0.2, -0.15) is 0 Å². The highest BCUT2D eigenvalue weighted by Gasteiger charge is 2.18. The maximum absolute atomic E-state index is 5.45. The topological polar surface area (TPSA) is 32.5 Å². The van der Waals surface area contributed by atoms with Crippen molar-refractivity contribution < 1.29 is 0 Å². The molecule has 1 fully saturated rings. The van der Waals surface area contributed by atoms with Crippen LogP contribution in [0.3, 0.4) is 0 Å². The maximum Gasteiger partial charge on any atom is 0.0555 e. The van der Waals surface area contributed by atoms with E-state index in [9.17, 15) is 0 Å². The number of hydrogen-bond donors (Lipinski definition) is 1. The molecule has 0 aromatic carbocycles. The number of piperazine rings is 1. The zero-order valence-corrected chi connectivity index (χ0v) is 13.4. The van der Waals surface area contributed by atoms with E-state index in [1.807, 2.05) is 0 Å². The van der Waals surface area contributed by atoms with E-state index in [0.717, 1.165) is 31.1 Å². The minimum Gasteiger partial charge on any atom is -0.320 e. The third-order valence-electron chi connectivity index (χ3n) is 3.53. The number of nitrogens with two attached hydrogens (primary N) is 1. The van der Waals surface area contributed by atoms with Gasteiger partial charge in [0.2, 0.25) is 0 Å². The Morgan fingerprint density at radius 2 is 1.95 bits per heavy atom. The Morgan fingerprint density at radius 1 is 1.25 bits per heavy atom. The lowest BCUT2D eigenvalue weighted by Gasteiger charge is -2.35. The minimum atomic E-state index is 0.434. The van der Waals surface area contributed by atoms with Crippen LogP contribution in [0.1, 0.15) is 24.3 Å². The first-order chi connectivity index (χ1) is 9.69. The molecule has 2 rings (SSSR count). The van der Waals surface area contributed by atoms with Gasteiger partial charge in [-0.25, -0.2) is 0 Å². The van der Waals surface area contributed by atoms with Crippen LogP contribution in [0.15, 0.2) is 11.4 Å². The third kappa shape index (κ3) is 4.60. The van der Waals surface area contributed by atoms with E-state index >= 15 is 0 Å². The Labute approximate surface area is 126 Å². The summed E-state index contributed by atoms with van der Waals surface area (Å²) < 4.78 is 0. The van der Waals surface area contributed by atoms with Gasteiger partial charge < -0.3 is 10.6 Å². The number of hydrogen-bond acceptors (Lipinski definition) is 4. The molecule has 4 heteroatoms. The Hall–Kier alpha value is -0.860. The molecule has 1 saturated heterocycles. The smallest absolute Gasteiger partial charge is 0.0555 e. The molecule has 0 spiro atoms. The standard InChI is InChI=1S/C16H25N3S/c1-14(2)12-18-7-9-19(10-8-18)13-16-15(4-3-6-17)5-11-20-16/h5,11,14H,6-10,12-13,17H2,1-2H3. The van der Waals surface area contributed by atoms with Gasteiger partial charge in [0, 0.05) is 49.7 Å². The van der Waals surface area contributed by atoms with Gasteiger partial charge in [0.25, 0.3) is 0 Å². The number of thiophene rings is 1. The minimum absolute atomic E-state index is 0.434. The summed E-state index contributed by atoms with van der Waals surface area (Å²) in [5, 5.41) is 2.13. The highest BCUT2D eigenvalue weighted by Crippen LogP contribution is 2.19. The van der Waals surface area contributed by atoms with Crippen molar-refractivity contribution in [2.45, 2.75) is 20.4 Å². The first-order valence-electron chi connectivity index (χ1n) is 7.39. The lowest BCUT2D eigenvalue weighted by atomic mass is 10.2. The van der Waals surface area contributed by atoms with Gasteiger partial charge in [-0.1, -0.05) is 25.7 Å². The second kappa shape index (κ2) is 7.80. The molecule has 2 N–H and O–H groups in total.